The Morgan fingerprint density at radius 2 is 2.14 bits per heavy atom. The third-order valence-electron chi connectivity index (χ3n) is 5.00. The Bertz CT molecular complexity index is 934. The van der Waals surface area contributed by atoms with Gasteiger partial charge in [-0.1, -0.05) is 19.4 Å². The highest BCUT2D eigenvalue weighted by molar-refractivity contribution is 5.94. The normalized spacial score (nSPS) is 15.0. The SMILES string of the molecule is CCCC(NC(=O)Nc1cc2[nH]nc(N3CCCC3)c2cn1)c1ccccn1. The number of fused-ring (bicyclic) bond motifs is 1. The second-order valence-corrected chi connectivity index (χ2v) is 7.05. The molecule has 0 spiro atoms. The quantitative estimate of drug-likeness (QED) is 0.608. The summed E-state index contributed by atoms with van der Waals surface area (Å²) in [5.74, 6) is 1.42. The zero-order valence-corrected chi connectivity index (χ0v) is 16.0. The van der Waals surface area contributed by atoms with E-state index in [1.165, 1.54) is 12.8 Å². The predicted octanol–water partition coefficient (Wildman–Crippen LogP) is 3.62. The third kappa shape index (κ3) is 3.90. The topological polar surface area (TPSA) is 98.8 Å². The molecule has 3 aromatic rings. The highest BCUT2D eigenvalue weighted by Gasteiger charge is 2.19. The van der Waals surface area contributed by atoms with E-state index in [0.717, 1.165) is 48.3 Å². The third-order valence-corrected chi connectivity index (χ3v) is 5.00. The van der Waals surface area contributed by atoms with Gasteiger partial charge in [0.15, 0.2) is 5.82 Å². The van der Waals surface area contributed by atoms with Crippen molar-refractivity contribution in [2.75, 3.05) is 23.3 Å². The largest absolute Gasteiger partial charge is 0.355 e. The highest BCUT2D eigenvalue weighted by Crippen LogP contribution is 2.27. The van der Waals surface area contributed by atoms with E-state index in [1.54, 1.807) is 12.4 Å². The number of aromatic amines is 1. The number of urea groups is 1. The minimum absolute atomic E-state index is 0.135. The Labute approximate surface area is 163 Å². The number of nitrogens with zero attached hydrogens (tertiary/aromatic N) is 4. The van der Waals surface area contributed by atoms with Crippen LogP contribution in [-0.4, -0.2) is 39.3 Å². The zero-order chi connectivity index (χ0) is 19.3. The maximum atomic E-state index is 12.5. The van der Waals surface area contributed by atoms with Crippen molar-refractivity contribution >= 4 is 28.6 Å². The van der Waals surface area contributed by atoms with Gasteiger partial charge < -0.3 is 10.2 Å². The van der Waals surface area contributed by atoms with Crippen molar-refractivity contribution in [3.05, 3.63) is 42.4 Å². The van der Waals surface area contributed by atoms with Gasteiger partial charge in [-0.3, -0.25) is 15.4 Å². The van der Waals surface area contributed by atoms with E-state index in [-0.39, 0.29) is 12.1 Å². The number of hydrogen-bond donors (Lipinski definition) is 3. The number of anilines is 2. The number of H-pyrrole nitrogens is 1. The number of nitrogens with one attached hydrogen (secondary N) is 3. The molecule has 1 unspecified atom stereocenters. The monoisotopic (exact) mass is 379 g/mol. The van der Waals surface area contributed by atoms with Gasteiger partial charge in [0.05, 0.1) is 22.6 Å². The fourth-order valence-electron chi connectivity index (χ4n) is 3.61. The summed E-state index contributed by atoms with van der Waals surface area (Å²) in [5.41, 5.74) is 1.72. The molecule has 1 aliphatic rings. The van der Waals surface area contributed by atoms with Gasteiger partial charge >= 0.3 is 6.03 Å². The molecule has 8 nitrogen and oxygen atoms in total. The van der Waals surface area contributed by atoms with Crippen LogP contribution in [0.2, 0.25) is 0 Å². The molecule has 8 heteroatoms. The molecule has 1 atom stereocenters. The van der Waals surface area contributed by atoms with Gasteiger partial charge in [-0.2, -0.15) is 5.10 Å². The van der Waals surface area contributed by atoms with Crippen LogP contribution in [0.25, 0.3) is 10.9 Å². The van der Waals surface area contributed by atoms with Crippen molar-refractivity contribution in [2.45, 2.75) is 38.6 Å². The molecule has 1 saturated heterocycles. The number of pyridine rings is 2. The van der Waals surface area contributed by atoms with Crippen LogP contribution >= 0.6 is 0 Å². The first kappa shape index (κ1) is 18.2. The molecule has 2 amide bonds. The first-order valence-corrected chi connectivity index (χ1v) is 9.82. The Kier molecular flexibility index (Phi) is 5.36. The predicted molar refractivity (Wildman–Crippen MR) is 109 cm³/mol. The van der Waals surface area contributed by atoms with Crippen molar-refractivity contribution < 1.29 is 4.79 Å². The number of carbonyl (C=O) groups is 1. The Balaban J connectivity index is 1.45. The van der Waals surface area contributed by atoms with E-state index in [4.69, 9.17) is 0 Å². The molecular weight excluding hydrogens is 354 g/mol. The Morgan fingerprint density at radius 3 is 2.89 bits per heavy atom. The molecule has 0 aromatic carbocycles. The molecule has 0 bridgehead atoms. The lowest BCUT2D eigenvalue weighted by molar-refractivity contribution is 0.247. The van der Waals surface area contributed by atoms with E-state index in [9.17, 15) is 4.79 Å². The molecule has 1 fully saturated rings. The molecule has 0 aliphatic carbocycles. The van der Waals surface area contributed by atoms with Crippen LogP contribution in [0.3, 0.4) is 0 Å². The van der Waals surface area contributed by atoms with E-state index in [1.807, 2.05) is 24.3 Å². The minimum Gasteiger partial charge on any atom is -0.355 e. The lowest BCUT2D eigenvalue weighted by atomic mass is 10.1. The average molecular weight is 379 g/mol. The van der Waals surface area contributed by atoms with E-state index in [0.29, 0.717) is 5.82 Å². The van der Waals surface area contributed by atoms with Gasteiger partial charge in [-0.15, -0.1) is 0 Å². The zero-order valence-electron chi connectivity index (χ0n) is 16.0. The van der Waals surface area contributed by atoms with Crippen molar-refractivity contribution in [3.8, 4) is 0 Å². The summed E-state index contributed by atoms with van der Waals surface area (Å²) in [5, 5.41) is 14.3. The molecule has 28 heavy (non-hydrogen) atoms. The van der Waals surface area contributed by atoms with Gasteiger partial charge in [0, 0.05) is 31.5 Å². The molecule has 146 valence electrons. The van der Waals surface area contributed by atoms with Crippen LogP contribution in [-0.2, 0) is 0 Å². The van der Waals surface area contributed by atoms with Gasteiger partial charge in [0.2, 0.25) is 0 Å². The van der Waals surface area contributed by atoms with E-state index in [2.05, 4.69) is 42.6 Å². The molecule has 3 N–H and O–H groups in total. The summed E-state index contributed by atoms with van der Waals surface area (Å²) in [7, 11) is 0. The number of amides is 2. The smallest absolute Gasteiger partial charge is 0.320 e. The van der Waals surface area contributed by atoms with Crippen molar-refractivity contribution in [1.82, 2.24) is 25.5 Å². The Morgan fingerprint density at radius 1 is 1.29 bits per heavy atom. The molecule has 1 aliphatic heterocycles. The van der Waals surface area contributed by atoms with Crippen LogP contribution in [0.5, 0.6) is 0 Å². The van der Waals surface area contributed by atoms with Crippen LogP contribution in [0.1, 0.15) is 44.3 Å². The second kappa shape index (κ2) is 8.24. The second-order valence-electron chi connectivity index (χ2n) is 7.05. The standard InChI is InChI=1S/C20H25N7O/c1-2-7-16(15-8-3-4-9-21-15)23-20(28)24-18-12-17-14(13-22-18)19(26-25-17)27-10-5-6-11-27/h3-4,8-9,12-13,16H,2,5-7,10-11H2,1H3,(H,25,26)(H2,22,23,24,28). The lowest BCUT2D eigenvalue weighted by Gasteiger charge is -2.18. The summed E-state index contributed by atoms with van der Waals surface area (Å²) in [6.07, 6.45) is 7.65. The fraction of sp³-hybridized carbons (Fsp3) is 0.400. The van der Waals surface area contributed by atoms with Crippen molar-refractivity contribution in [3.63, 3.8) is 0 Å². The number of aromatic nitrogens is 4. The molecule has 0 radical (unpaired) electrons. The van der Waals surface area contributed by atoms with Crippen molar-refractivity contribution in [1.29, 1.82) is 0 Å². The maximum absolute atomic E-state index is 12.5. The van der Waals surface area contributed by atoms with E-state index < -0.39 is 0 Å². The maximum Gasteiger partial charge on any atom is 0.320 e. The van der Waals surface area contributed by atoms with E-state index >= 15 is 0 Å². The van der Waals surface area contributed by atoms with Gasteiger partial charge in [-0.25, -0.2) is 9.78 Å². The number of carbonyl (C=O) groups excluding carboxylic acids is 1. The molecule has 0 saturated carbocycles. The van der Waals surface area contributed by atoms with Gasteiger partial charge in [0.1, 0.15) is 5.82 Å². The van der Waals surface area contributed by atoms with Crippen LogP contribution in [0, 0.1) is 0 Å². The molecule has 4 heterocycles. The summed E-state index contributed by atoms with van der Waals surface area (Å²) in [6.45, 7) is 4.13. The van der Waals surface area contributed by atoms with Crippen LogP contribution in [0.15, 0.2) is 36.7 Å². The summed E-state index contributed by atoms with van der Waals surface area (Å²) in [6, 6.07) is 7.11. The number of rotatable bonds is 6. The van der Waals surface area contributed by atoms with Crippen molar-refractivity contribution in [2.24, 2.45) is 0 Å². The van der Waals surface area contributed by atoms with Crippen LogP contribution < -0.4 is 15.5 Å². The number of hydrogen-bond acceptors (Lipinski definition) is 5. The van der Waals surface area contributed by atoms with Gasteiger partial charge in [-0.05, 0) is 31.4 Å². The highest BCUT2D eigenvalue weighted by atomic mass is 16.2. The van der Waals surface area contributed by atoms with Gasteiger partial charge in [0.25, 0.3) is 0 Å². The Hall–Kier alpha value is -3.16. The first-order chi connectivity index (χ1) is 13.7. The first-order valence-electron chi connectivity index (χ1n) is 9.82. The summed E-state index contributed by atoms with van der Waals surface area (Å²) >= 11 is 0. The average Bonchev–Trinajstić information content (AvgIpc) is 3.37. The lowest BCUT2D eigenvalue weighted by Crippen LogP contribution is -2.33. The summed E-state index contributed by atoms with van der Waals surface area (Å²) < 4.78 is 0. The molecular formula is C20H25N7O. The molecule has 4 rings (SSSR count). The summed E-state index contributed by atoms with van der Waals surface area (Å²) in [4.78, 5) is 23.5. The minimum atomic E-state index is -0.296. The fourth-order valence-corrected chi connectivity index (χ4v) is 3.61. The molecule has 3 aromatic heterocycles. The van der Waals surface area contributed by atoms with Crippen LogP contribution in [0.4, 0.5) is 16.4 Å².